The second kappa shape index (κ2) is 7.84. The molecule has 0 aliphatic carbocycles. The number of nitrogens with two attached hydrogens (primary N) is 1. The van der Waals surface area contributed by atoms with Crippen molar-refractivity contribution < 1.29 is 4.79 Å². The van der Waals surface area contributed by atoms with E-state index in [2.05, 4.69) is 12.2 Å². The Morgan fingerprint density at radius 2 is 2.15 bits per heavy atom. The highest BCUT2D eigenvalue weighted by Crippen LogP contribution is 2.24. The average Bonchev–Trinajstić information content (AvgIpc) is 2.47. The van der Waals surface area contributed by atoms with E-state index in [-0.39, 0.29) is 11.8 Å². The first-order valence-corrected chi connectivity index (χ1v) is 9.17. The highest BCUT2D eigenvalue weighted by atomic mass is 32.2. The molecule has 3 nitrogen and oxygen atoms in total. The third-order valence-corrected chi connectivity index (χ3v) is 6.25. The fraction of sp³-hybridized carbons (Fsp3) is 0.533. The summed E-state index contributed by atoms with van der Waals surface area (Å²) in [7, 11) is 0. The van der Waals surface area contributed by atoms with Crippen LogP contribution < -0.4 is 11.1 Å². The quantitative estimate of drug-likeness (QED) is 0.821. The highest BCUT2D eigenvalue weighted by Gasteiger charge is 2.16. The first-order valence-electron chi connectivity index (χ1n) is 6.96. The summed E-state index contributed by atoms with van der Waals surface area (Å²) in [6.45, 7) is 2.88. The minimum Gasteiger partial charge on any atom is -0.399 e. The molecule has 1 fully saturated rings. The van der Waals surface area contributed by atoms with Crippen molar-refractivity contribution in [3.05, 3.63) is 29.8 Å². The van der Waals surface area contributed by atoms with Crippen LogP contribution in [0.15, 0.2) is 24.3 Å². The summed E-state index contributed by atoms with van der Waals surface area (Å²) in [4.78, 5) is 12.0. The van der Waals surface area contributed by atoms with Crippen LogP contribution in [0.2, 0.25) is 0 Å². The lowest BCUT2D eigenvalue weighted by Gasteiger charge is -2.21. The van der Waals surface area contributed by atoms with Crippen molar-refractivity contribution in [3.8, 4) is 0 Å². The topological polar surface area (TPSA) is 55.1 Å². The number of hydrogen-bond acceptors (Lipinski definition) is 4. The lowest BCUT2D eigenvalue weighted by Crippen LogP contribution is -2.33. The van der Waals surface area contributed by atoms with Crippen LogP contribution in [0, 0.1) is 0 Å². The zero-order valence-electron chi connectivity index (χ0n) is 11.8. The van der Waals surface area contributed by atoms with Crippen LogP contribution in [0.4, 0.5) is 5.69 Å². The molecule has 1 aromatic rings. The van der Waals surface area contributed by atoms with Crippen molar-refractivity contribution >= 4 is 35.1 Å². The molecule has 0 bridgehead atoms. The Hall–Kier alpha value is -0.810. The maximum Gasteiger partial charge on any atom is 0.220 e. The molecule has 3 N–H and O–H groups in total. The zero-order chi connectivity index (χ0) is 14.4. The van der Waals surface area contributed by atoms with Crippen LogP contribution in [0.25, 0.3) is 0 Å². The van der Waals surface area contributed by atoms with E-state index >= 15 is 0 Å². The molecule has 5 heteroatoms. The molecule has 1 saturated heterocycles. The molecule has 0 saturated carbocycles. The number of nitrogens with one attached hydrogen (secondary N) is 1. The summed E-state index contributed by atoms with van der Waals surface area (Å²) in [5.74, 6) is 3.96. The second-order valence-corrected chi connectivity index (χ2v) is 7.70. The fourth-order valence-electron chi connectivity index (χ4n) is 2.17. The largest absolute Gasteiger partial charge is 0.399 e. The third-order valence-electron chi connectivity index (χ3n) is 3.41. The first-order chi connectivity index (χ1) is 9.65. The Labute approximate surface area is 129 Å². The molecule has 2 unspecified atom stereocenters. The van der Waals surface area contributed by atoms with Gasteiger partial charge < -0.3 is 11.1 Å². The number of thioether (sulfide) groups is 2. The van der Waals surface area contributed by atoms with Gasteiger partial charge in [-0.15, -0.1) is 0 Å². The van der Waals surface area contributed by atoms with Gasteiger partial charge in [0.2, 0.25) is 5.91 Å². The number of benzene rings is 1. The molecule has 1 aromatic carbocycles. The van der Waals surface area contributed by atoms with Gasteiger partial charge in [-0.25, -0.2) is 0 Å². The SMILES string of the molecule is CC(CC(=O)NCC1CSCCS1)c1ccc(N)cc1. The Kier molecular flexibility index (Phi) is 6.10. The van der Waals surface area contributed by atoms with E-state index in [1.807, 2.05) is 47.8 Å². The van der Waals surface area contributed by atoms with Gasteiger partial charge in [-0.2, -0.15) is 23.5 Å². The number of carbonyl (C=O) groups is 1. The molecule has 0 aromatic heterocycles. The highest BCUT2D eigenvalue weighted by molar-refractivity contribution is 8.06. The summed E-state index contributed by atoms with van der Waals surface area (Å²) < 4.78 is 0. The Balaban J connectivity index is 1.74. The van der Waals surface area contributed by atoms with Crippen molar-refractivity contribution in [2.45, 2.75) is 24.5 Å². The normalized spacial score (nSPS) is 20.4. The molecular formula is C15H22N2OS2. The van der Waals surface area contributed by atoms with Crippen LogP contribution in [0.1, 0.15) is 24.8 Å². The van der Waals surface area contributed by atoms with Gasteiger partial charge >= 0.3 is 0 Å². The van der Waals surface area contributed by atoms with E-state index in [9.17, 15) is 4.79 Å². The number of amides is 1. The Morgan fingerprint density at radius 3 is 2.80 bits per heavy atom. The maximum absolute atomic E-state index is 12.0. The number of hydrogen-bond donors (Lipinski definition) is 2. The van der Waals surface area contributed by atoms with E-state index in [1.165, 1.54) is 11.5 Å². The predicted molar refractivity (Wildman–Crippen MR) is 90.5 cm³/mol. The van der Waals surface area contributed by atoms with Gasteiger partial charge in [0.05, 0.1) is 0 Å². The molecule has 0 spiro atoms. The van der Waals surface area contributed by atoms with Gasteiger partial charge in [-0.3, -0.25) is 4.79 Å². The first kappa shape index (κ1) is 15.6. The predicted octanol–water partition coefficient (Wildman–Crippen LogP) is 2.73. The molecule has 1 heterocycles. The maximum atomic E-state index is 12.0. The molecular weight excluding hydrogens is 288 g/mol. The number of anilines is 1. The summed E-state index contributed by atoms with van der Waals surface area (Å²) in [6, 6.07) is 7.78. The van der Waals surface area contributed by atoms with Gasteiger partial charge in [0.15, 0.2) is 0 Å². The zero-order valence-corrected chi connectivity index (χ0v) is 13.4. The summed E-state index contributed by atoms with van der Waals surface area (Å²) in [5, 5.41) is 3.64. The minimum absolute atomic E-state index is 0.144. The Bertz CT molecular complexity index is 430. The van der Waals surface area contributed by atoms with Gasteiger partial charge in [-0.05, 0) is 23.6 Å². The molecule has 2 atom stereocenters. The molecule has 1 aliphatic rings. The molecule has 110 valence electrons. The number of carbonyl (C=O) groups excluding carboxylic acids is 1. The fourth-order valence-corrected chi connectivity index (χ4v) is 4.79. The molecule has 1 aliphatic heterocycles. The van der Waals surface area contributed by atoms with E-state index in [0.717, 1.165) is 23.5 Å². The van der Waals surface area contributed by atoms with Crippen LogP contribution in [0.3, 0.4) is 0 Å². The van der Waals surface area contributed by atoms with Crippen LogP contribution >= 0.6 is 23.5 Å². The lowest BCUT2D eigenvalue weighted by atomic mass is 9.97. The molecule has 20 heavy (non-hydrogen) atoms. The monoisotopic (exact) mass is 310 g/mol. The van der Waals surface area contributed by atoms with Crippen molar-refractivity contribution in [3.63, 3.8) is 0 Å². The smallest absolute Gasteiger partial charge is 0.220 e. The lowest BCUT2D eigenvalue weighted by molar-refractivity contribution is -0.121. The van der Waals surface area contributed by atoms with E-state index in [4.69, 9.17) is 5.73 Å². The summed E-state index contributed by atoms with van der Waals surface area (Å²) in [5.41, 5.74) is 7.60. The van der Waals surface area contributed by atoms with Crippen molar-refractivity contribution in [2.24, 2.45) is 0 Å². The summed E-state index contributed by atoms with van der Waals surface area (Å²) >= 11 is 3.96. The van der Waals surface area contributed by atoms with Gasteiger partial charge in [0, 0.05) is 41.2 Å². The van der Waals surface area contributed by atoms with E-state index < -0.39 is 0 Å². The average molecular weight is 310 g/mol. The standard InChI is InChI=1S/C15H22N2OS2/c1-11(12-2-4-13(16)5-3-12)8-15(18)17-9-14-10-19-6-7-20-14/h2-5,11,14H,6-10,16H2,1H3,(H,17,18). The number of nitrogen functional groups attached to an aromatic ring is 1. The molecule has 0 radical (unpaired) electrons. The minimum atomic E-state index is 0.144. The van der Waals surface area contributed by atoms with Gasteiger partial charge in [0.1, 0.15) is 0 Å². The van der Waals surface area contributed by atoms with Crippen molar-refractivity contribution in [1.29, 1.82) is 0 Å². The molecule has 1 amide bonds. The van der Waals surface area contributed by atoms with Crippen LogP contribution in [-0.2, 0) is 4.79 Å². The second-order valence-electron chi connectivity index (χ2n) is 5.14. The van der Waals surface area contributed by atoms with Crippen LogP contribution in [-0.4, -0.2) is 35.0 Å². The summed E-state index contributed by atoms with van der Waals surface area (Å²) in [6.07, 6.45) is 0.536. The third kappa shape index (κ3) is 4.94. The van der Waals surface area contributed by atoms with E-state index in [1.54, 1.807) is 0 Å². The molecule has 2 rings (SSSR count). The van der Waals surface area contributed by atoms with Gasteiger partial charge in [-0.1, -0.05) is 19.1 Å². The van der Waals surface area contributed by atoms with Crippen molar-refractivity contribution in [2.75, 3.05) is 29.5 Å². The van der Waals surface area contributed by atoms with E-state index in [0.29, 0.717) is 11.7 Å². The van der Waals surface area contributed by atoms with Gasteiger partial charge in [0.25, 0.3) is 0 Å². The van der Waals surface area contributed by atoms with Crippen LogP contribution in [0.5, 0.6) is 0 Å². The Morgan fingerprint density at radius 1 is 1.40 bits per heavy atom. The van der Waals surface area contributed by atoms with Crippen molar-refractivity contribution in [1.82, 2.24) is 5.32 Å². The number of rotatable bonds is 5.